The number of halogens is 2. The van der Waals surface area contributed by atoms with Crippen LogP contribution in [0.2, 0.25) is 0 Å². The summed E-state index contributed by atoms with van der Waals surface area (Å²) in [7, 11) is 0. The summed E-state index contributed by atoms with van der Waals surface area (Å²) >= 11 is 0. The van der Waals surface area contributed by atoms with Gasteiger partial charge in [-0.15, -0.1) is 12.4 Å². The molecule has 0 bridgehead atoms. The zero-order valence-electron chi connectivity index (χ0n) is 6.29. The fourth-order valence-corrected chi connectivity index (χ4v) is 0.597. The smallest absolute Gasteiger partial charge is 0.320 e. The average Bonchev–Trinajstić information content (AvgIpc) is 1.87. The standard InChI is InChI=1S/C6H12FNO2.ClH/c1-4(3-7)2-5(8)6(9)10;/h4-5H,2-3,8H2,1H3,(H,9,10);1H/t4-,5+;/m1./s1. The maximum Gasteiger partial charge on any atom is 0.320 e. The zero-order valence-corrected chi connectivity index (χ0v) is 7.10. The van der Waals surface area contributed by atoms with Crippen molar-refractivity contribution in [2.45, 2.75) is 19.4 Å². The van der Waals surface area contributed by atoms with Gasteiger partial charge >= 0.3 is 5.97 Å². The number of rotatable bonds is 4. The Morgan fingerprint density at radius 1 is 1.73 bits per heavy atom. The Bertz CT molecular complexity index is 123. The minimum Gasteiger partial charge on any atom is -0.480 e. The van der Waals surface area contributed by atoms with Crippen LogP contribution in [0, 0.1) is 5.92 Å². The minimum absolute atomic E-state index is 0. The quantitative estimate of drug-likeness (QED) is 0.682. The van der Waals surface area contributed by atoms with Crippen molar-refractivity contribution in [3.8, 4) is 0 Å². The highest BCUT2D eigenvalue weighted by atomic mass is 35.5. The summed E-state index contributed by atoms with van der Waals surface area (Å²) in [5.41, 5.74) is 5.13. The first-order valence-corrected chi connectivity index (χ1v) is 3.12. The maximum absolute atomic E-state index is 11.8. The summed E-state index contributed by atoms with van der Waals surface area (Å²) < 4.78 is 11.8. The Labute approximate surface area is 71.2 Å². The van der Waals surface area contributed by atoms with Gasteiger partial charge in [0.05, 0.1) is 6.67 Å². The number of hydrogen-bond acceptors (Lipinski definition) is 2. The van der Waals surface area contributed by atoms with Crippen LogP contribution < -0.4 is 5.73 Å². The molecule has 0 spiro atoms. The Kier molecular flexibility index (Phi) is 7.67. The van der Waals surface area contributed by atoms with Crippen molar-refractivity contribution in [2.24, 2.45) is 11.7 Å². The molecule has 0 aliphatic rings. The lowest BCUT2D eigenvalue weighted by Gasteiger charge is -2.09. The number of carbonyl (C=O) groups is 1. The van der Waals surface area contributed by atoms with E-state index < -0.39 is 18.7 Å². The van der Waals surface area contributed by atoms with Crippen molar-refractivity contribution in [2.75, 3.05) is 6.67 Å². The summed E-state index contributed by atoms with van der Waals surface area (Å²) in [6.07, 6.45) is 0.200. The van der Waals surface area contributed by atoms with Crippen molar-refractivity contribution < 1.29 is 14.3 Å². The highest BCUT2D eigenvalue weighted by Crippen LogP contribution is 2.04. The molecule has 0 radical (unpaired) electrons. The molecular formula is C6H13ClFNO2. The molecule has 0 heterocycles. The number of nitrogens with two attached hydrogens (primary N) is 1. The van der Waals surface area contributed by atoms with Gasteiger partial charge in [-0.2, -0.15) is 0 Å². The molecular weight excluding hydrogens is 173 g/mol. The highest BCUT2D eigenvalue weighted by Gasteiger charge is 2.14. The second kappa shape index (κ2) is 6.37. The van der Waals surface area contributed by atoms with Gasteiger partial charge in [0.1, 0.15) is 6.04 Å². The van der Waals surface area contributed by atoms with E-state index in [4.69, 9.17) is 10.8 Å². The second-order valence-corrected chi connectivity index (χ2v) is 2.44. The first-order valence-electron chi connectivity index (χ1n) is 3.12. The molecule has 0 saturated carbocycles. The number of aliphatic carboxylic acids is 1. The fraction of sp³-hybridized carbons (Fsp3) is 0.833. The van der Waals surface area contributed by atoms with E-state index in [1.807, 2.05) is 0 Å². The summed E-state index contributed by atoms with van der Waals surface area (Å²) in [6.45, 7) is 1.11. The van der Waals surface area contributed by atoms with Crippen LogP contribution in [-0.4, -0.2) is 23.8 Å². The Morgan fingerprint density at radius 2 is 2.18 bits per heavy atom. The van der Waals surface area contributed by atoms with Crippen LogP contribution in [0.4, 0.5) is 4.39 Å². The summed E-state index contributed by atoms with van der Waals surface area (Å²) in [5.74, 6) is -1.33. The highest BCUT2D eigenvalue weighted by molar-refractivity contribution is 5.85. The lowest BCUT2D eigenvalue weighted by molar-refractivity contribution is -0.138. The molecule has 0 aliphatic carbocycles. The van der Waals surface area contributed by atoms with Crippen molar-refractivity contribution in [3.63, 3.8) is 0 Å². The number of carboxylic acids is 1. The lowest BCUT2D eigenvalue weighted by Crippen LogP contribution is -2.32. The Morgan fingerprint density at radius 3 is 2.45 bits per heavy atom. The van der Waals surface area contributed by atoms with Gasteiger partial charge in [-0.1, -0.05) is 6.92 Å². The van der Waals surface area contributed by atoms with Crippen LogP contribution >= 0.6 is 12.4 Å². The molecule has 5 heteroatoms. The molecule has 2 atom stereocenters. The molecule has 68 valence electrons. The third kappa shape index (κ3) is 6.06. The van der Waals surface area contributed by atoms with Crippen LogP contribution in [0.3, 0.4) is 0 Å². The molecule has 0 amide bonds. The maximum atomic E-state index is 11.8. The monoisotopic (exact) mass is 185 g/mol. The predicted molar refractivity (Wildman–Crippen MR) is 42.6 cm³/mol. The van der Waals surface area contributed by atoms with Gasteiger partial charge in [-0.05, 0) is 12.3 Å². The van der Waals surface area contributed by atoms with Gasteiger partial charge in [0.2, 0.25) is 0 Å². The predicted octanol–water partition coefficient (Wildman–Crippen LogP) is 0.816. The summed E-state index contributed by atoms with van der Waals surface area (Å²) in [6, 6.07) is -0.925. The van der Waals surface area contributed by atoms with Gasteiger partial charge in [-0.25, -0.2) is 0 Å². The summed E-state index contributed by atoms with van der Waals surface area (Å²) in [4.78, 5) is 10.1. The SMILES string of the molecule is C[C@@H](CF)C[C@H](N)C(=O)O.Cl. The van der Waals surface area contributed by atoms with Crippen molar-refractivity contribution in [1.29, 1.82) is 0 Å². The molecule has 0 fully saturated rings. The molecule has 0 aromatic carbocycles. The molecule has 0 aromatic rings. The van der Waals surface area contributed by atoms with Gasteiger partial charge in [0.15, 0.2) is 0 Å². The molecule has 3 nitrogen and oxygen atoms in total. The molecule has 0 saturated heterocycles. The Hall–Kier alpha value is -0.350. The van der Waals surface area contributed by atoms with Gasteiger partial charge in [-0.3, -0.25) is 9.18 Å². The largest absolute Gasteiger partial charge is 0.480 e. The molecule has 11 heavy (non-hydrogen) atoms. The normalized spacial score (nSPS) is 14.8. The van der Waals surface area contributed by atoms with E-state index in [1.165, 1.54) is 0 Å². The van der Waals surface area contributed by atoms with Crippen LogP contribution in [0.15, 0.2) is 0 Å². The van der Waals surface area contributed by atoms with Crippen LogP contribution in [0.1, 0.15) is 13.3 Å². The van der Waals surface area contributed by atoms with Gasteiger partial charge in [0, 0.05) is 0 Å². The fourth-order valence-electron chi connectivity index (χ4n) is 0.597. The third-order valence-electron chi connectivity index (χ3n) is 1.24. The van der Waals surface area contributed by atoms with Gasteiger partial charge < -0.3 is 10.8 Å². The van der Waals surface area contributed by atoms with Crippen molar-refractivity contribution >= 4 is 18.4 Å². The van der Waals surface area contributed by atoms with Gasteiger partial charge in [0.25, 0.3) is 0 Å². The van der Waals surface area contributed by atoms with Crippen molar-refractivity contribution in [3.05, 3.63) is 0 Å². The first kappa shape index (κ1) is 13.3. The van der Waals surface area contributed by atoms with E-state index in [-0.39, 0.29) is 24.7 Å². The molecule has 0 rings (SSSR count). The van der Waals surface area contributed by atoms with E-state index in [0.29, 0.717) is 0 Å². The van der Waals surface area contributed by atoms with E-state index in [1.54, 1.807) is 6.92 Å². The van der Waals surface area contributed by atoms with Crippen LogP contribution in [0.25, 0.3) is 0 Å². The minimum atomic E-state index is -1.07. The number of hydrogen-bond donors (Lipinski definition) is 2. The average molecular weight is 186 g/mol. The van der Waals surface area contributed by atoms with E-state index in [9.17, 15) is 9.18 Å². The summed E-state index contributed by atoms with van der Waals surface area (Å²) in [5, 5.41) is 8.28. The molecule has 3 N–H and O–H groups in total. The molecule has 0 aromatic heterocycles. The Balaban J connectivity index is 0. The van der Waals surface area contributed by atoms with E-state index in [2.05, 4.69) is 0 Å². The van der Waals surface area contributed by atoms with Crippen molar-refractivity contribution in [1.82, 2.24) is 0 Å². The van der Waals surface area contributed by atoms with E-state index in [0.717, 1.165) is 0 Å². The third-order valence-corrected chi connectivity index (χ3v) is 1.24. The molecule has 0 unspecified atom stereocenters. The molecule has 0 aliphatic heterocycles. The first-order chi connectivity index (χ1) is 4.57. The number of carboxylic acid groups (broad SMARTS) is 1. The van der Waals surface area contributed by atoms with E-state index >= 15 is 0 Å². The second-order valence-electron chi connectivity index (χ2n) is 2.44. The lowest BCUT2D eigenvalue weighted by atomic mass is 10.0. The number of alkyl halides is 1. The zero-order chi connectivity index (χ0) is 8.15. The van der Waals surface area contributed by atoms with Crippen LogP contribution in [-0.2, 0) is 4.79 Å². The topological polar surface area (TPSA) is 63.3 Å². The van der Waals surface area contributed by atoms with Crippen LogP contribution in [0.5, 0.6) is 0 Å².